The van der Waals surface area contributed by atoms with Crippen LogP contribution >= 0.6 is 0 Å². The molecule has 23 heavy (non-hydrogen) atoms. The van der Waals surface area contributed by atoms with Gasteiger partial charge in [0.05, 0.1) is 6.20 Å². The van der Waals surface area contributed by atoms with Crippen molar-refractivity contribution in [1.82, 2.24) is 9.88 Å². The Balaban J connectivity index is 1.52. The van der Waals surface area contributed by atoms with E-state index in [1.807, 2.05) is 0 Å². The molecule has 2 aromatic rings. The number of carbonyl (C=O) groups is 1. The number of carbonyl (C=O) groups excluding carboxylic acids is 1. The highest BCUT2D eigenvalue weighted by atomic mass is 16.3. The van der Waals surface area contributed by atoms with E-state index < -0.39 is 0 Å². The van der Waals surface area contributed by atoms with Gasteiger partial charge in [-0.2, -0.15) is 0 Å². The zero-order valence-corrected chi connectivity index (χ0v) is 13.9. The lowest BCUT2D eigenvalue weighted by Crippen LogP contribution is -2.36. The quantitative estimate of drug-likeness (QED) is 0.786. The lowest BCUT2D eigenvalue weighted by atomic mass is 9.92. The Bertz CT molecular complexity index is 624. The number of oxazole rings is 1. The van der Waals surface area contributed by atoms with E-state index in [1.165, 1.54) is 23.6 Å². The molecule has 2 heterocycles. The fourth-order valence-electron chi connectivity index (χ4n) is 3.14. The van der Waals surface area contributed by atoms with Crippen LogP contribution in [-0.4, -0.2) is 28.8 Å². The SMILES string of the molecule is CC(C)c1ccc(CN2CCC(C(=O)c3ncco3)CC2)cc1. The Morgan fingerprint density at radius 3 is 2.52 bits per heavy atom. The van der Waals surface area contributed by atoms with Gasteiger partial charge >= 0.3 is 0 Å². The molecule has 4 nitrogen and oxygen atoms in total. The van der Waals surface area contributed by atoms with Crippen LogP contribution in [0, 0.1) is 5.92 Å². The molecule has 0 saturated carbocycles. The van der Waals surface area contributed by atoms with Gasteiger partial charge in [-0.05, 0) is 43.0 Å². The summed E-state index contributed by atoms with van der Waals surface area (Å²) in [6, 6.07) is 8.89. The summed E-state index contributed by atoms with van der Waals surface area (Å²) in [4.78, 5) is 18.6. The number of likely N-dealkylation sites (tertiary alicyclic amines) is 1. The van der Waals surface area contributed by atoms with E-state index >= 15 is 0 Å². The molecule has 0 bridgehead atoms. The fraction of sp³-hybridized carbons (Fsp3) is 0.474. The first-order chi connectivity index (χ1) is 11.1. The van der Waals surface area contributed by atoms with E-state index in [9.17, 15) is 4.79 Å². The first kappa shape index (κ1) is 15.9. The van der Waals surface area contributed by atoms with Crippen molar-refractivity contribution in [2.24, 2.45) is 5.92 Å². The zero-order valence-electron chi connectivity index (χ0n) is 13.9. The molecule has 122 valence electrons. The normalized spacial score (nSPS) is 16.8. The molecule has 1 aliphatic rings. The summed E-state index contributed by atoms with van der Waals surface area (Å²) >= 11 is 0. The summed E-state index contributed by atoms with van der Waals surface area (Å²) in [6.45, 7) is 7.28. The average molecular weight is 312 g/mol. The van der Waals surface area contributed by atoms with Crippen LogP contribution in [0.1, 0.15) is 54.4 Å². The van der Waals surface area contributed by atoms with Crippen LogP contribution in [0.15, 0.2) is 41.1 Å². The number of ketones is 1. The van der Waals surface area contributed by atoms with Gasteiger partial charge < -0.3 is 4.42 Å². The topological polar surface area (TPSA) is 46.3 Å². The highest BCUT2D eigenvalue weighted by Gasteiger charge is 2.28. The third-order valence-corrected chi connectivity index (χ3v) is 4.65. The smallest absolute Gasteiger partial charge is 0.263 e. The molecule has 0 N–H and O–H groups in total. The molecule has 4 heteroatoms. The van der Waals surface area contributed by atoms with Crippen LogP contribution in [-0.2, 0) is 6.54 Å². The first-order valence-corrected chi connectivity index (χ1v) is 8.38. The van der Waals surface area contributed by atoms with E-state index in [4.69, 9.17) is 4.42 Å². The molecule has 0 aliphatic carbocycles. The number of nitrogens with zero attached hydrogens (tertiary/aromatic N) is 2. The molecule has 0 unspecified atom stereocenters. The molecular formula is C19H24N2O2. The lowest BCUT2D eigenvalue weighted by Gasteiger charge is -2.30. The lowest BCUT2D eigenvalue weighted by molar-refractivity contribution is 0.0799. The van der Waals surface area contributed by atoms with Crippen molar-refractivity contribution in [3.63, 3.8) is 0 Å². The summed E-state index contributed by atoms with van der Waals surface area (Å²) in [6.07, 6.45) is 4.75. The molecule has 0 radical (unpaired) electrons. The Morgan fingerprint density at radius 1 is 1.26 bits per heavy atom. The number of rotatable bonds is 5. The van der Waals surface area contributed by atoms with Crippen molar-refractivity contribution in [1.29, 1.82) is 0 Å². The van der Waals surface area contributed by atoms with Crippen molar-refractivity contribution in [3.8, 4) is 0 Å². The van der Waals surface area contributed by atoms with Crippen LogP contribution in [0.25, 0.3) is 0 Å². The summed E-state index contributed by atoms with van der Waals surface area (Å²) in [7, 11) is 0. The van der Waals surface area contributed by atoms with E-state index in [1.54, 1.807) is 0 Å². The number of Topliss-reactive ketones (excluding diaryl/α,β-unsaturated/α-hetero) is 1. The van der Waals surface area contributed by atoms with Crippen LogP contribution in [0.3, 0.4) is 0 Å². The number of hydrogen-bond donors (Lipinski definition) is 0. The number of aromatic nitrogens is 1. The maximum absolute atomic E-state index is 12.3. The summed E-state index contributed by atoms with van der Waals surface area (Å²) in [5, 5.41) is 0. The van der Waals surface area contributed by atoms with E-state index in [0.717, 1.165) is 32.5 Å². The first-order valence-electron chi connectivity index (χ1n) is 8.38. The van der Waals surface area contributed by atoms with Crippen LogP contribution in [0.2, 0.25) is 0 Å². The van der Waals surface area contributed by atoms with Gasteiger partial charge in [-0.25, -0.2) is 4.98 Å². The molecular weight excluding hydrogens is 288 g/mol. The fourth-order valence-corrected chi connectivity index (χ4v) is 3.14. The molecule has 1 aromatic heterocycles. The van der Waals surface area contributed by atoms with Crippen molar-refractivity contribution in [2.45, 2.75) is 39.2 Å². The molecule has 0 amide bonds. The van der Waals surface area contributed by atoms with Crippen LogP contribution in [0.5, 0.6) is 0 Å². The molecule has 1 saturated heterocycles. The second kappa shape index (κ2) is 7.09. The van der Waals surface area contributed by atoms with Gasteiger partial charge in [-0.1, -0.05) is 38.1 Å². The molecule has 1 aliphatic heterocycles. The molecule has 3 rings (SSSR count). The van der Waals surface area contributed by atoms with Gasteiger partial charge in [0.1, 0.15) is 6.26 Å². The number of benzene rings is 1. The maximum atomic E-state index is 12.3. The molecule has 0 spiro atoms. The Kier molecular flexibility index (Phi) is 4.91. The Labute approximate surface area is 137 Å². The second-order valence-electron chi connectivity index (χ2n) is 6.65. The minimum atomic E-state index is 0.0493. The van der Waals surface area contributed by atoms with Crippen LogP contribution < -0.4 is 0 Å². The number of piperidine rings is 1. The Hall–Kier alpha value is -1.94. The van der Waals surface area contributed by atoms with Crippen molar-refractivity contribution >= 4 is 5.78 Å². The number of hydrogen-bond acceptors (Lipinski definition) is 4. The minimum Gasteiger partial charge on any atom is -0.442 e. The summed E-state index contributed by atoms with van der Waals surface area (Å²) in [5.74, 6) is 0.929. The van der Waals surface area contributed by atoms with Crippen LogP contribution in [0.4, 0.5) is 0 Å². The van der Waals surface area contributed by atoms with Gasteiger partial charge in [-0.15, -0.1) is 0 Å². The predicted octanol–water partition coefficient (Wildman–Crippen LogP) is 3.89. The average Bonchev–Trinajstić information content (AvgIpc) is 3.10. The van der Waals surface area contributed by atoms with E-state index in [0.29, 0.717) is 5.92 Å². The third-order valence-electron chi connectivity index (χ3n) is 4.65. The summed E-state index contributed by atoms with van der Waals surface area (Å²) < 4.78 is 5.13. The minimum absolute atomic E-state index is 0.0493. The third kappa shape index (κ3) is 3.88. The van der Waals surface area contributed by atoms with Gasteiger partial charge in [0, 0.05) is 12.5 Å². The van der Waals surface area contributed by atoms with Gasteiger partial charge in [0.15, 0.2) is 0 Å². The van der Waals surface area contributed by atoms with Gasteiger partial charge in [0.2, 0.25) is 5.78 Å². The highest BCUT2D eigenvalue weighted by molar-refractivity contribution is 5.93. The molecule has 1 fully saturated rings. The van der Waals surface area contributed by atoms with Crippen molar-refractivity contribution in [3.05, 3.63) is 53.7 Å². The van der Waals surface area contributed by atoms with Crippen molar-refractivity contribution < 1.29 is 9.21 Å². The van der Waals surface area contributed by atoms with E-state index in [2.05, 4.69) is 48.0 Å². The molecule has 0 atom stereocenters. The largest absolute Gasteiger partial charge is 0.442 e. The zero-order chi connectivity index (χ0) is 16.2. The van der Waals surface area contributed by atoms with E-state index in [-0.39, 0.29) is 17.6 Å². The summed E-state index contributed by atoms with van der Waals surface area (Å²) in [5.41, 5.74) is 2.72. The standard InChI is InChI=1S/C19H24N2O2/c1-14(2)16-5-3-15(4-6-16)13-21-10-7-17(8-11-21)18(22)19-20-9-12-23-19/h3-6,9,12,14,17H,7-8,10-11,13H2,1-2H3. The van der Waals surface area contributed by atoms with Crippen molar-refractivity contribution in [2.75, 3.05) is 13.1 Å². The monoisotopic (exact) mass is 312 g/mol. The highest BCUT2D eigenvalue weighted by Crippen LogP contribution is 2.23. The Morgan fingerprint density at radius 2 is 1.96 bits per heavy atom. The maximum Gasteiger partial charge on any atom is 0.263 e. The second-order valence-corrected chi connectivity index (χ2v) is 6.65. The van der Waals surface area contributed by atoms with Gasteiger partial charge in [0.25, 0.3) is 5.89 Å². The van der Waals surface area contributed by atoms with Gasteiger partial charge in [-0.3, -0.25) is 9.69 Å². The predicted molar refractivity (Wildman–Crippen MR) is 89.4 cm³/mol. The molecule has 1 aromatic carbocycles.